The maximum Gasteiger partial charge on any atom is 0.223 e. The molecule has 25 heavy (non-hydrogen) atoms. The molecule has 0 bridgehead atoms. The van der Waals surface area contributed by atoms with E-state index in [2.05, 4.69) is 33.1 Å². The predicted octanol–water partition coefficient (Wildman–Crippen LogP) is 2.46. The summed E-state index contributed by atoms with van der Waals surface area (Å²) in [6.45, 7) is 8.30. The van der Waals surface area contributed by atoms with Gasteiger partial charge < -0.3 is 10.2 Å². The molecule has 0 saturated carbocycles. The van der Waals surface area contributed by atoms with Gasteiger partial charge in [-0.2, -0.15) is 0 Å². The first kappa shape index (κ1) is 18.3. The lowest BCUT2D eigenvalue weighted by Crippen LogP contribution is -2.44. The largest absolute Gasteiger partial charge is 0.354 e. The second-order valence-corrected chi connectivity index (χ2v) is 7.35. The van der Waals surface area contributed by atoms with E-state index in [1.54, 1.807) is 0 Å². The van der Waals surface area contributed by atoms with Crippen molar-refractivity contribution in [3.05, 3.63) is 30.1 Å². The molecule has 0 aliphatic carbocycles. The van der Waals surface area contributed by atoms with Crippen LogP contribution < -0.4 is 5.32 Å². The van der Waals surface area contributed by atoms with Crippen LogP contribution in [-0.2, 0) is 4.79 Å². The van der Waals surface area contributed by atoms with Gasteiger partial charge in [0.05, 0.1) is 6.04 Å². The van der Waals surface area contributed by atoms with Gasteiger partial charge in [-0.1, -0.05) is 19.4 Å². The molecule has 1 aromatic rings. The molecule has 1 atom stereocenters. The highest BCUT2D eigenvalue weighted by atomic mass is 16.1. The Morgan fingerprint density at radius 1 is 1.24 bits per heavy atom. The van der Waals surface area contributed by atoms with Crippen molar-refractivity contribution in [3.63, 3.8) is 0 Å². The summed E-state index contributed by atoms with van der Waals surface area (Å²) in [4.78, 5) is 21.9. The Bertz CT molecular complexity index is 522. The normalized spacial score (nSPS) is 21.8. The molecule has 1 unspecified atom stereocenters. The molecule has 0 spiro atoms. The van der Waals surface area contributed by atoms with E-state index in [0.717, 1.165) is 45.6 Å². The first-order chi connectivity index (χ1) is 12.3. The molecule has 0 aromatic carbocycles. The third-order valence-electron chi connectivity index (χ3n) is 5.78. The molecule has 1 amide bonds. The van der Waals surface area contributed by atoms with Crippen LogP contribution in [0.15, 0.2) is 24.5 Å². The second-order valence-electron chi connectivity index (χ2n) is 7.35. The molecule has 5 heteroatoms. The van der Waals surface area contributed by atoms with Gasteiger partial charge in [0, 0.05) is 24.9 Å². The number of hydrogen-bond acceptors (Lipinski definition) is 4. The molecule has 2 fully saturated rings. The highest BCUT2D eigenvalue weighted by Gasteiger charge is 2.27. The molecule has 2 aliphatic rings. The van der Waals surface area contributed by atoms with Gasteiger partial charge in [0.1, 0.15) is 0 Å². The number of nitrogens with zero attached hydrogens (tertiary/aromatic N) is 3. The van der Waals surface area contributed by atoms with Crippen LogP contribution in [0.5, 0.6) is 0 Å². The monoisotopic (exact) mass is 344 g/mol. The number of piperidine rings is 2. The first-order valence-electron chi connectivity index (χ1n) is 9.92. The van der Waals surface area contributed by atoms with Crippen molar-refractivity contribution in [1.82, 2.24) is 20.1 Å². The van der Waals surface area contributed by atoms with Crippen LogP contribution in [0.25, 0.3) is 0 Å². The number of amides is 1. The maximum absolute atomic E-state index is 12.6. The highest BCUT2D eigenvalue weighted by Crippen LogP contribution is 2.24. The molecule has 1 aromatic heterocycles. The van der Waals surface area contributed by atoms with E-state index in [-0.39, 0.29) is 17.9 Å². The second kappa shape index (κ2) is 9.30. The number of likely N-dealkylation sites (tertiary alicyclic amines) is 2. The van der Waals surface area contributed by atoms with Crippen molar-refractivity contribution in [2.45, 2.75) is 45.1 Å². The van der Waals surface area contributed by atoms with E-state index in [0.29, 0.717) is 6.54 Å². The Labute approximate surface area is 151 Å². The number of hydrogen-bond donors (Lipinski definition) is 1. The van der Waals surface area contributed by atoms with Crippen molar-refractivity contribution in [2.24, 2.45) is 5.92 Å². The summed E-state index contributed by atoms with van der Waals surface area (Å²) >= 11 is 0. The fourth-order valence-corrected chi connectivity index (χ4v) is 4.11. The number of rotatable bonds is 6. The van der Waals surface area contributed by atoms with Crippen LogP contribution in [0.4, 0.5) is 0 Å². The maximum atomic E-state index is 12.6. The summed E-state index contributed by atoms with van der Waals surface area (Å²) in [5, 5.41) is 3.25. The van der Waals surface area contributed by atoms with Crippen molar-refractivity contribution in [2.75, 3.05) is 39.3 Å². The van der Waals surface area contributed by atoms with Crippen molar-refractivity contribution in [1.29, 1.82) is 0 Å². The van der Waals surface area contributed by atoms with Crippen LogP contribution in [0.2, 0.25) is 0 Å². The molecule has 138 valence electrons. The SMILES string of the molecule is CCN1CCC(C(=O)NCC(c2cccnc2)N2CCCCC2)CC1. The fraction of sp³-hybridized carbons (Fsp3) is 0.700. The van der Waals surface area contributed by atoms with Crippen LogP contribution in [0.3, 0.4) is 0 Å². The molecule has 1 N–H and O–H groups in total. The summed E-state index contributed by atoms with van der Waals surface area (Å²) in [5.74, 6) is 0.417. The zero-order valence-corrected chi connectivity index (χ0v) is 15.5. The summed E-state index contributed by atoms with van der Waals surface area (Å²) in [5.41, 5.74) is 1.21. The fourth-order valence-electron chi connectivity index (χ4n) is 4.11. The molecular formula is C20H32N4O. The molecule has 5 nitrogen and oxygen atoms in total. The molecule has 2 aliphatic heterocycles. The van der Waals surface area contributed by atoms with E-state index in [1.807, 2.05) is 18.5 Å². The Hall–Kier alpha value is -1.46. The molecule has 3 rings (SSSR count). The average Bonchev–Trinajstić information content (AvgIpc) is 2.70. The number of nitrogens with one attached hydrogen (secondary N) is 1. The van der Waals surface area contributed by atoms with E-state index in [1.165, 1.54) is 24.8 Å². The number of carbonyl (C=O) groups excluding carboxylic acids is 1. The predicted molar refractivity (Wildman–Crippen MR) is 100 cm³/mol. The smallest absolute Gasteiger partial charge is 0.223 e. The van der Waals surface area contributed by atoms with Gasteiger partial charge in [-0.3, -0.25) is 14.7 Å². The van der Waals surface area contributed by atoms with Gasteiger partial charge in [-0.05, 0) is 70.0 Å². The van der Waals surface area contributed by atoms with E-state index in [9.17, 15) is 4.79 Å². The first-order valence-corrected chi connectivity index (χ1v) is 9.92. The Balaban J connectivity index is 1.57. The van der Waals surface area contributed by atoms with Gasteiger partial charge in [-0.15, -0.1) is 0 Å². The molecule has 3 heterocycles. The van der Waals surface area contributed by atoms with Gasteiger partial charge in [0.2, 0.25) is 5.91 Å². The number of carbonyl (C=O) groups is 1. The van der Waals surface area contributed by atoms with Gasteiger partial charge >= 0.3 is 0 Å². The summed E-state index contributed by atoms with van der Waals surface area (Å²) in [6.07, 6.45) is 9.56. The van der Waals surface area contributed by atoms with E-state index >= 15 is 0 Å². The third kappa shape index (κ3) is 5.02. The van der Waals surface area contributed by atoms with Crippen LogP contribution in [0.1, 0.15) is 50.6 Å². The standard InChI is InChI=1S/C20H32N4O/c1-2-23-13-8-17(9-14-23)20(25)22-16-19(18-7-6-10-21-15-18)24-11-4-3-5-12-24/h6-7,10,15,17,19H,2-5,8-9,11-14,16H2,1H3,(H,22,25). The lowest BCUT2D eigenvalue weighted by molar-refractivity contribution is -0.126. The van der Waals surface area contributed by atoms with Crippen molar-refractivity contribution >= 4 is 5.91 Å². The quantitative estimate of drug-likeness (QED) is 0.861. The minimum absolute atomic E-state index is 0.179. The van der Waals surface area contributed by atoms with Crippen LogP contribution in [0, 0.1) is 5.92 Å². The average molecular weight is 345 g/mol. The molecule has 2 saturated heterocycles. The Morgan fingerprint density at radius 2 is 2.00 bits per heavy atom. The Kier molecular flexibility index (Phi) is 6.82. The minimum Gasteiger partial charge on any atom is -0.354 e. The van der Waals surface area contributed by atoms with Crippen molar-refractivity contribution < 1.29 is 4.79 Å². The number of aromatic nitrogens is 1. The van der Waals surface area contributed by atoms with Crippen LogP contribution in [-0.4, -0.2) is 60.0 Å². The van der Waals surface area contributed by atoms with Gasteiger partial charge in [0.25, 0.3) is 0 Å². The van der Waals surface area contributed by atoms with Gasteiger partial charge in [-0.25, -0.2) is 0 Å². The van der Waals surface area contributed by atoms with Crippen molar-refractivity contribution in [3.8, 4) is 0 Å². The topological polar surface area (TPSA) is 48.5 Å². The van der Waals surface area contributed by atoms with E-state index < -0.39 is 0 Å². The Morgan fingerprint density at radius 3 is 2.64 bits per heavy atom. The zero-order valence-electron chi connectivity index (χ0n) is 15.5. The zero-order chi connectivity index (χ0) is 17.5. The lowest BCUT2D eigenvalue weighted by Gasteiger charge is -2.35. The summed E-state index contributed by atoms with van der Waals surface area (Å²) in [7, 11) is 0. The van der Waals surface area contributed by atoms with Crippen LogP contribution >= 0.6 is 0 Å². The molecule has 0 radical (unpaired) electrons. The molecular weight excluding hydrogens is 312 g/mol. The van der Waals surface area contributed by atoms with E-state index in [4.69, 9.17) is 0 Å². The number of pyridine rings is 1. The highest BCUT2D eigenvalue weighted by molar-refractivity contribution is 5.78. The van der Waals surface area contributed by atoms with Gasteiger partial charge in [0.15, 0.2) is 0 Å². The summed E-state index contributed by atoms with van der Waals surface area (Å²) in [6, 6.07) is 4.38. The lowest BCUT2D eigenvalue weighted by atomic mass is 9.95. The minimum atomic E-state index is 0.179. The third-order valence-corrected chi connectivity index (χ3v) is 5.78. The summed E-state index contributed by atoms with van der Waals surface area (Å²) < 4.78 is 0.